The average molecular weight is 444 g/mol. The van der Waals surface area contributed by atoms with E-state index in [1.807, 2.05) is 31.2 Å². The van der Waals surface area contributed by atoms with Crippen LogP contribution in [0.5, 0.6) is 0 Å². The number of aryl methyl sites for hydroxylation is 2. The van der Waals surface area contributed by atoms with Gasteiger partial charge in [0.1, 0.15) is 0 Å². The van der Waals surface area contributed by atoms with E-state index in [9.17, 15) is 14.4 Å². The SMILES string of the molecule is CCCn1c(=O)n(CCC(=O)Nc2cccc(C(=O)Nc3ccncc3)c2)c2ccccc21. The number of carbonyl (C=O) groups excluding carboxylic acids is 2. The van der Waals surface area contributed by atoms with Crippen LogP contribution in [0.25, 0.3) is 11.0 Å². The van der Waals surface area contributed by atoms with Crippen LogP contribution in [0.1, 0.15) is 30.1 Å². The molecule has 0 fully saturated rings. The van der Waals surface area contributed by atoms with Crippen molar-refractivity contribution in [3.8, 4) is 0 Å². The van der Waals surface area contributed by atoms with E-state index in [1.165, 1.54) is 0 Å². The van der Waals surface area contributed by atoms with E-state index in [0.29, 0.717) is 23.5 Å². The van der Waals surface area contributed by atoms with Gasteiger partial charge in [-0.2, -0.15) is 0 Å². The summed E-state index contributed by atoms with van der Waals surface area (Å²) in [6.07, 6.45) is 4.17. The van der Waals surface area contributed by atoms with Gasteiger partial charge in [-0.3, -0.25) is 23.7 Å². The van der Waals surface area contributed by atoms with Gasteiger partial charge in [-0.25, -0.2) is 4.79 Å². The zero-order valence-corrected chi connectivity index (χ0v) is 18.3. The number of carbonyl (C=O) groups is 2. The molecule has 4 rings (SSSR count). The van der Waals surface area contributed by atoms with Gasteiger partial charge in [0, 0.05) is 48.8 Å². The van der Waals surface area contributed by atoms with Crippen molar-refractivity contribution >= 4 is 34.2 Å². The van der Waals surface area contributed by atoms with E-state index in [2.05, 4.69) is 15.6 Å². The Kier molecular flexibility index (Phi) is 6.64. The highest BCUT2D eigenvalue weighted by atomic mass is 16.2. The van der Waals surface area contributed by atoms with Crippen LogP contribution in [-0.2, 0) is 17.9 Å². The van der Waals surface area contributed by atoms with E-state index in [-0.39, 0.29) is 30.5 Å². The second kappa shape index (κ2) is 9.95. The Hall–Kier alpha value is -4.20. The van der Waals surface area contributed by atoms with Crippen LogP contribution < -0.4 is 16.3 Å². The summed E-state index contributed by atoms with van der Waals surface area (Å²) in [5.74, 6) is -0.520. The highest BCUT2D eigenvalue weighted by Gasteiger charge is 2.14. The molecule has 33 heavy (non-hydrogen) atoms. The maximum absolute atomic E-state index is 12.9. The zero-order chi connectivity index (χ0) is 23.2. The first-order valence-corrected chi connectivity index (χ1v) is 10.9. The lowest BCUT2D eigenvalue weighted by Crippen LogP contribution is -2.26. The summed E-state index contributed by atoms with van der Waals surface area (Å²) in [6.45, 7) is 2.93. The number of anilines is 2. The van der Waals surface area contributed by atoms with Crippen molar-refractivity contribution in [1.29, 1.82) is 0 Å². The molecule has 2 N–H and O–H groups in total. The smallest absolute Gasteiger partial charge is 0.326 e. The van der Waals surface area contributed by atoms with Crippen molar-refractivity contribution in [3.05, 3.63) is 89.1 Å². The lowest BCUT2D eigenvalue weighted by molar-refractivity contribution is -0.116. The molecule has 0 spiro atoms. The number of imidazole rings is 1. The third kappa shape index (κ3) is 5.01. The molecule has 2 aromatic carbocycles. The van der Waals surface area contributed by atoms with Crippen LogP contribution in [0, 0.1) is 0 Å². The number of benzene rings is 2. The third-order valence-electron chi connectivity index (χ3n) is 5.28. The highest BCUT2D eigenvalue weighted by molar-refractivity contribution is 6.05. The van der Waals surface area contributed by atoms with Gasteiger partial charge >= 0.3 is 5.69 Å². The van der Waals surface area contributed by atoms with E-state index in [1.54, 1.807) is 57.9 Å². The van der Waals surface area contributed by atoms with Gasteiger partial charge in [0.2, 0.25) is 5.91 Å². The summed E-state index contributed by atoms with van der Waals surface area (Å²) < 4.78 is 3.39. The van der Waals surface area contributed by atoms with Gasteiger partial charge in [0.15, 0.2) is 0 Å². The Balaban J connectivity index is 1.43. The molecule has 0 saturated carbocycles. The number of nitrogens with zero attached hydrogens (tertiary/aromatic N) is 3. The Morgan fingerprint density at radius 3 is 2.24 bits per heavy atom. The first-order chi connectivity index (χ1) is 16.1. The molecule has 8 nitrogen and oxygen atoms in total. The van der Waals surface area contributed by atoms with Crippen LogP contribution in [0.4, 0.5) is 11.4 Å². The first kappa shape index (κ1) is 22.0. The van der Waals surface area contributed by atoms with E-state index >= 15 is 0 Å². The third-order valence-corrected chi connectivity index (χ3v) is 5.28. The molecule has 2 amide bonds. The number of hydrogen-bond acceptors (Lipinski definition) is 4. The molecule has 8 heteroatoms. The van der Waals surface area contributed by atoms with Gasteiger partial charge in [-0.15, -0.1) is 0 Å². The molecule has 0 bridgehead atoms. The second-order valence-electron chi connectivity index (χ2n) is 7.64. The molecule has 0 atom stereocenters. The summed E-state index contributed by atoms with van der Waals surface area (Å²) >= 11 is 0. The maximum atomic E-state index is 12.9. The summed E-state index contributed by atoms with van der Waals surface area (Å²) in [4.78, 5) is 41.9. The molecular weight excluding hydrogens is 418 g/mol. The number of amides is 2. The van der Waals surface area contributed by atoms with E-state index in [4.69, 9.17) is 0 Å². The van der Waals surface area contributed by atoms with Crippen LogP contribution in [0.3, 0.4) is 0 Å². The largest absolute Gasteiger partial charge is 0.329 e. The summed E-state index contributed by atoms with van der Waals surface area (Å²) in [5.41, 5.74) is 3.15. The van der Waals surface area contributed by atoms with Crippen molar-refractivity contribution in [2.45, 2.75) is 32.9 Å². The molecular formula is C25H25N5O3. The van der Waals surface area contributed by atoms with Gasteiger partial charge in [0.05, 0.1) is 11.0 Å². The van der Waals surface area contributed by atoms with Gasteiger partial charge in [-0.05, 0) is 48.9 Å². The minimum atomic E-state index is -0.285. The molecule has 2 aromatic heterocycles. The van der Waals surface area contributed by atoms with Crippen molar-refractivity contribution < 1.29 is 9.59 Å². The quantitative estimate of drug-likeness (QED) is 0.432. The average Bonchev–Trinajstić information content (AvgIpc) is 3.09. The minimum Gasteiger partial charge on any atom is -0.326 e. The lowest BCUT2D eigenvalue weighted by atomic mass is 10.2. The van der Waals surface area contributed by atoms with Crippen molar-refractivity contribution in [3.63, 3.8) is 0 Å². The standard InChI is InChI=1S/C25H25N5O3/c1-2-15-29-21-8-3-4-9-22(21)30(25(29)33)16-12-23(31)27-20-7-5-6-18(17-20)24(32)28-19-10-13-26-14-11-19/h3-11,13-14,17H,2,12,15-16H2,1H3,(H,27,31)(H,26,28,32). The Morgan fingerprint density at radius 2 is 1.55 bits per heavy atom. The van der Waals surface area contributed by atoms with Gasteiger partial charge < -0.3 is 10.6 Å². The monoisotopic (exact) mass is 443 g/mol. The summed E-state index contributed by atoms with van der Waals surface area (Å²) in [6, 6.07) is 17.7. The Morgan fingerprint density at radius 1 is 0.848 bits per heavy atom. The first-order valence-electron chi connectivity index (χ1n) is 10.9. The number of nitrogens with one attached hydrogen (secondary N) is 2. The molecule has 168 valence electrons. The minimum absolute atomic E-state index is 0.111. The Bertz CT molecular complexity index is 1340. The van der Waals surface area contributed by atoms with Crippen LogP contribution in [-0.4, -0.2) is 25.9 Å². The predicted octanol–water partition coefficient (Wildman–Crippen LogP) is 3.89. The molecule has 0 unspecified atom stereocenters. The fourth-order valence-corrected chi connectivity index (χ4v) is 3.74. The molecule has 0 aliphatic heterocycles. The number of aromatic nitrogens is 3. The predicted molar refractivity (Wildman–Crippen MR) is 128 cm³/mol. The molecule has 2 heterocycles. The molecule has 0 saturated heterocycles. The highest BCUT2D eigenvalue weighted by Crippen LogP contribution is 2.16. The second-order valence-corrected chi connectivity index (χ2v) is 7.64. The molecule has 0 radical (unpaired) electrons. The van der Waals surface area contributed by atoms with E-state index < -0.39 is 0 Å². The number of fused-ring (bicyclic) bond motifs is 1. The fraction of sp³-hybridized carbons (Fsp3) is 0.200. The van der Waals surface area contributed by atoms with Crippen LogP contribution >= 0.6 is 0 Å². The van der Waals surface area contributed by atoms with Crippen molar-refractivity contribution in [1.82, 2.24) is 14.1 Å². The van der Waals surface area contributed by atoms with E-state index in [0.717, 1.165) is 17.5 Å². The summed E-state index contributed by atoms with van der Waals surface area (Å²) in [7, 11) is 0. The van der Waals surface area contributed by atoms with Crippen LogP contribution in [0.15, 0.2) is 77.9 Å². The van der Waals surface area contributed by atoms with Crippen LogP contribution in [0.2, 0.25) is 0 Å². The summed E-state index contributed by atoms with van der Waals surface area (Å²) in [5, 5.41) is 5.61. The molecule has 0 aliphatic carbocycles. The number of hydrogen-bond donors (Lipinski definition) is 2. The topological polar surface area (TPSA) is 98.0 Å². The van der Waals surface area contributed by atoms with Crippen molar-refractivity contribution in [2.24, 2.45) is 0 Å². The number of rotatable bonds is 8. The molecule has 4 aromatic rings. The van der Waals surface area contributed by atoms with Gasteiger partial charge in [0.25, 0.3) is 5.91 Å². The molecule has 0 aliphatic rings. The Labute approximate surface area is 190 Å². The van der Waals surface area contributed by atoms with Gasteiger partial charge in [-0.1, -0.05) is 25.1 Å². The normalized spacial score (nSPS) is 10.8. The number of pyridine rings is 1. The lowest BCUT2D eigenvalue weighted by Gasteiger charge is -2.09. The zero-order valence-electron chi connectivity index (χ0n) is 18.3. The van der Waals surface area contributed by atoms with Crippen molar-refractivity contribution in [2.75, 3.05) is 10.6 Å². The maximum Gasteiger partial charge on any atom is 0.329 e. The number of para-hydroxylation sites is 2. The fourth-order valence-electron chi connectivity index (χ4n) is 3.74.